The van der Waals surface area contributed by atoms with Crippen LogP contribution in [0, 0.1) is 5.92 Å². The van der Waals surface area contributed by atoms with Crippen molar-refractivity contribution in [1.29, 1.82) is 0 Å². The molecule has 0 radical (unpaired) electrons. The Balaban J connectivity index is 1.79. The number of benzene rings is 1. The molecule has 11 nitrogen and oxygen atoms in total. The van der Waals surface area contributed by atoms with Gasteiger partial charge in [0.2, 0.25) is 15.9 Å². The van der Waals surface area contributed by atoms with Gasteiger partial charge in [0.05, 0.1) is 5.69 Å². The first-order chi connectivity index (χ1) is 16.2. The number of nitrogens with zero attached hydrogens (tertiary/aromatic N) is 2. The summed E-state index contributed by atoms with van der Waals surface area (Å²) in [6, 6.07) is 3.99. The number of hydrogen-bond acceptors (Lipinski definition) is 7. The van der Waals surface area contributed by atoms with Crippen LogP contribution in [0.4, 0.5) is 11.6 Å². The minimum Gasteiger partial charge on any atom is -0.480 e. The molecule has 1 aromatic carbocycles. The van der Waals surface area contributed by atoms with Gasteiger partial charge in [0, 0.05) is 32.0 Å². The second-order valence-corrected chi connectivity index (χ2v) is 10.1. The number of hydrogen-bond donors (Lipinski definition) is 5. The number of sulfonamides is 1. The maximum atomic E-state index is 13.4. The molecule has 186 valence electrons. The van der Waals surface area contributed by atoms with E-state index < -0.39 is 34.5 Å². The first-order valence-electron chi connectivity index (χ1n) is 11.3. The van der Waals surface area contributed by atoms with Gasteiger partial charge in [-0.25, -0.2) is 13.4 Å². The monoisotopic (exact) mass is 492 g/mol. The summed E-state index contributed by atoms with van der Waals surface area (Å²) in [6.45, 7) is 4.49. The van der Waals surface area contributed by atoms with Crippen molar-refractivity contribution >= 4 is 33.5 Å². The van der Waals surface area contributed by atoms with Crippen LogP contribution in [-0.4, -0.2) is 72.5 Å². The Bertz CT molecular complexity index is 1090. The quantitative estimate of drug-likeness (QED) is 0.279. The highest BCUT2D eigenvalue weighted by atomic mass is 32.2. The summed E-state index contributed by atoms with van der Waals surface area (Å²) in [6.07, 6.45) is 4.66. The Labute approximate surface area is 199 Å². The average molecular weight is 493 g/mol. The fraction of sp³-hybridized carbons (Fsp3) is 0.500. The van der Waals surface area contributed by atoms with Crippen molar-refractivity contribution < 1.29 is 23.1 Å². The maximum Gasteiger partial charge on any atom is 0.323 e. The number of H-pyrrole nitrogens is 1. The molecule has 0 spiro atoms. The van der Waals surface area contributed by atoms with Crippen LogP contribution < -0.4 is 15.4 Å². The van der Waals surface area contributed by atoms with E-state index in [9.17, 15) is 18.0 Å². The van der Waals surface area contributed by atoms with Gasteiger partial charge in [-0.05, 0) is 43.7 Å². The molecule has 2 heterocycles. The van der Waals surface area contributed by atoms with Crippen LogP contribution in [0.5, 0.6) is 0 Å². The zero-order valence-corrected chi connectivity index (χ0v) is 20.2. The van der Waals surface area contributed by atoms with Crippen molar-refractivity contribution in [2.24, 2.45) is 5.92 Å². The lowest BCUT2D eigenvalue weighted by atomic mass is 9.96. The number of aliphatic carboxylic acids is 1. The lowest BCUT2D eigenvalue weighted by Gasteiger charge is -2.28. The number of aromatic amines is 1. The number of carbonyl (C=O) groups excluding carboxylic acids is 1. The van der Waals surface area contributed by atoms with Crippen LogP contribution in [0.2, 0.25) is 0 Å². The van der Waals surface area contributed by atoms with Crippen LogP contribution >= 0.6 is 0 Å². The summed E-state index contributed by atoms with van der Waals surface area (Å²) in [5, 5.41) is 15.4. The molecule has 0 saturated carbocycles. The molecule has 1 aromatic heterocycles. The third-order valence-corrected chi connectivity index (χ3v) is 7.19. The minimum absolute atomic E-state index is 0.0877. The van der Waals surface area contributed by atoms with Gasteiger partial charge in [0.1, 0.15) is 17.5 Å². The van der Waals surface area contributed by atoms with Crippen LogP contribution in [-0.2, 0) is 26.0 Å². The van der Waals surface area contributed by atoms with Crippen molar-refractivity contribution in [1.82, 2.24) is 19.6 Å². The Hall–Kier alpha value is -3.12. The normalized spacial score (nSPS) is 16.2. The number of likely N-dealkylation sites (N-methyl/N-ethyl adjacent to an activating group) is 1. The average Bonchev–Trinajstić information content (AvgIpc) is 3.31. The number of carboxylic acids is 1. The second-order valence-electron chi connectivity index (χ2n) is 8.41. The molecule has 0 fully saturated rings. The fourth-order valence-electron chi connectivity index (χ4n) is 3.98. The third-order valence-electron chi connectivity index (χ3n) is 5.67. The summed E-state index contributed by atoms with van der Waals surface area (Å²) < 4.78 is 29.3. The maximum absolute atomic E-state index is 13.4. The Morgan fingerprint density at radius 2 is 2.15 bits per heavy atom. The number of nitrogens with one attached hydrogen (secondary N) is 4. The number of carboxylic acid groups (broad SMARTS) is 1. The summed E-state index contributed by atoms with van der Waals surface area (Å²) in [5.74, 6) is -0.783. The molecule has 5 N–H and O–H groups in total. The standard InChI is InChI=1S/C22H32N6O5S/c1-3-28(14-19(29)30)21(31)17(7-5-9-23-22-24-10-11-25-22)27-34(32,33)18-8-4-6-16-12-15(2)13-26-20(16)18/h4,6,8,10-11,15,17,26-27H,3,5,7,9,12-14H2,1-2H3,(H,29,30)(H2,23,24,25)/t15?,17-/m0/s1. The topological polar surface area (TPSA) is 157 Å². The zero-order chi connectivity index (χ0) is 24.7. The van der Waals surface area contributed by atoms with Crippen molar-refractivity contribution in [3.63, 3.8) is 0 Å². The third kappa shape index (κ3) is 6.48. The van der Waals surface area contributed by atoms with E-state index in [-0.39, 0.29) is 17.9 Å². The molecule has 1 aliphatic rings. The molecule has 3 rings (SSSR count). The number of carbonyl (C=O) groups is 2. The fourth-order valence-corrected chi connectivity index (χ4v) is 5.43. The Morgan fingerprint density at radius 3 is 2.82 bits per heavy atom. The molecule has 1 unspecified atom stereocenters. The van der Waals surface area contributed by atoms with Crippen molar-refractivity contribution in [2.45, 2.75) is 44.0 Å². The Kier molecular flexibility index (Phi) is 8.51. The van der Waals surface area contributed by atoms with Crippen LogP contribution in [0.15, 0.2) is 35.5 Å². The molecule has 1 amide bonds. The molecular weight excluding hydrogens is 460 g/mol. The molecular formula is C22H32N6O5S. The first-order valence-corrected chi connectivity index (χ1v) is 12.8. The molecule has 34 heavy (non-hydrogen) atoms. The number of anilines is 2. The molecule has 0 aliphatic carbocycles. The number of imidazole rings is 1. The SMILES string of the molecule is CCN(CC(=O)O)C(=O)[C@H](CCCNc1ncc[nH]1)NS(=O)(=O)c1cccc2c1NCC(C)C2. The Morgan fingerprint density at radius 1 is 1.35 bits per heavy atom. The van der Waals surface area contributed by atoms with E-state index in [1.54, 1.807) is 25.4 Å². The highest BCUT2D eigenvalue weighted by molar-refractivity contribution is 7.89. The number of aromatic nitrogens is 2. The van der Waals surface area contributed by atoms with Gasteiger partial charge in [-0.3, -0.25) is 9.59 Å². The van der Waals surface area contributed by atoms with Crippen molar-refractivity contribution in [3.8, 4) is 0 Å². The van der Waals surface area contributed by atoms with Gasteiger partial charge >= 0.3 is 5.97 Å². The number of rotatable bonds is 12. The summed E-state index contributed by atoms with van der Waals surface area (Å²) >= 11 is 0. The van der Waals surface area contributed by atoms with Crippen LogP contribution in [0.25, 0.3) is 0 Å². The van der Waals surface area contributed by atoms with E-state index >= 15 is 0 Å². The van der Waals surface area contributed by atoms with E-state index in [4.69, 9.17) is 5.11 Å². The molecule has 2 aromatic rings. The van der Waals surface area contributed by atoms with Gasteiger partial charge in [-0.15, -0.1) is 0 Å². The molecule has 0 bridgehead atoms. The highest BCUT2D eigenvalue weighted by Gasteiger charge is 2.32. The van der Waals surface area contributed by atoms with Gasteiger partial charge < -0.3 is 25.6 Å². The molecule has 1 aliphatic heterocycles. The summed E-state index contributed by atoms with van der Waals surface area (Å²) in [7, 11) is -4.06. The molecule has 0 saturated heterocycles. The number of fused-ring (bicyclic) bond motifs is 1. The van der Waals surface area contributed by atoms with Crippen LogP contribution in [0.1, 0.15) is 32.3 Å². The van der Waals surface area contributed by atoms with Gasteiger partial charge in [-0.2, -0.15) is 4.72 Å². The minimum atomic E-state index is -4.06. The largest absolute Gasteiger partial charge is 0.480 e. The lowest BCUT2D eigenvalue weighted by molar-refractivity contribution is -0.145. The number of para-hydroxylation sites is 1. The van der Waals surface area contributed by atoms with Crippen molar-refractivity contribution in [3.05, 3.63) is 36.2 Å². The van der Waals surface area contributed by atoms with E-state index in [1.165, 1.54) is 6.07 Å². The highest BCUT2D eigenvalue weighted by Crippen LogP contribution is 2.31. The van der Waals surface area contributed by atoms with Crippen molar-refractivity contribution in [2.75, 3.05) is 36.8 Å². The predicted molar refractivity (Wildman–Crippen MR) is 128 cm³/mol. The van der Waals surface area contributed by atoms with Gasteiger partial charge in [0.25, 0.3) is 0 Å². The summed E-state index contributed by atoms with van der Waals surface area (Å²) in [4.78, 5) is 32.6. The van der Waals surface area contributed by atoms with Crippen LogP contribution in [0.3, 0.4) is 0 Å². The smallest absolute Gasteiger partial charge is 0.323 e. The van der Waals surface area contributed by atoms with E-state index in [0.29, 0.717) is 37.1 Å². The number of amides is 1. The molecule has 2 atom stereocenters. The molecule has 12 heteroatoms. The lowest BCUT2D eigenvalue weighted by Crippen LogP contribution is -2.50. The van der Waals surface area contributed by atoms with E-state index in [1.807, 2.05) is 6.07 Å². The van der Waals surface area contributed by atoms with Gasteiger partial charge in [-0.1, -0.05) is 19.1 Å². The van der Waals surface area contributed by atoms with Gasteiger partial charge in [0.15, 0.2) is 5.95 Å². The second kappa shape index (κ2) is 11.3. The van der Waals surface area contributed by atoms with E-state index in [0.717, 1.165) is 16.9 Å². The summed E-state index contributed by atoms with van der Waals surface area (Å²) in [5.41, 5.74) is 1.46. The van der Waals surface area contributed by atoms with E-state index in [2.05, 4.69) is 32.2 Å². The first kappa shape index (κ1) is 25.5. The zero-order valence-electron chi connectivity index (χ0n) is 19.4. The predicted octanol–water partition coefficient (Wildman–Crippen LogP) is 1.49.